The van der Waals surface area contributed by atoms with Crippen LogP contribution < -0.4 is 16.0 Å². The van der Waals surface area contributed by atoms with E-state index in [0.29, 0.717) is 23.7 Å². The van der Waals surface area contributed by atoms with Gasteiger partial charge in [-0.2, -0.15) is 0 Å². The second kappa shape index (κ2) is 8.57. The highest BCUT2D eigenvalue weighted by Gasteiger charge is 2.09. The summed E-state index contributed by atoms with van der Waals surface area (Å²) in [6.45, 7) is 2.06. The number of hydrogen-bond acceptors (Lipinski definition) is 5. The molecule has 0 saturated carbocycles. The van der Waals surface area contributed by atoms with Crippen molar-refractivity contribution in [1.29, 1.82) is 0 Å². The Bertz CT molecular complexity index is 909. The minimum atomic E-state index is -0.357. The van der Waals surface area contributed by atoms with E-state index in [0.717, 1.165) is 5.56 Å². The molecule has 3 N–H and O–H groups in total. The molecule has 0 aliphatic heterocycles. The molecule has 0 atom stereocenters. The van der Waals surface area contributed by atoms with E-state index < -0.39 is 0 Å². The zero-order chi connectivity index (χ0) is 19.1. The molecule has 2 amide bonds. The summed E-state index contributed by atoms with van der Waals surface area (Å²) in [5, 5.41) is 16.6. The molecule has 0 aliphatic carbocycles. The van der Waals surface area contributed by atoms with Crippen molar-refractivity contribution in [3.05, 3.63) is 78.0 Å². The summed E-state index contributed by atoms with van der Waals surface area (Å²) in [7, 11) is 0. The molecule has 0 saturated heterocycles. The van der Waals surface area contributed by atoms with Gasteiger partial charge in [-0.05, 0) is 42.0 Å². The third-order valence-electron chi connectivity index (χ3n) is 3.68. The van der Waals surface area contributed by atoms with E-state index in [1.807, 2.05) is 30.3 Å². The van der Waals surface area contributed by atoms with Gasteiger partial charge in [-0.25, -0.2) is 0 Å². The molecule has 27 heavy (non-hydrogen) atoms. The lowest BCUT2D eigenvalue weighted by Crippen LogP contribution is -2.15. The van der Waals surface area contributed by atoms with Gasteiger partial charge in [0.25, 0.3) is 5.91 Å². The smallest absolute Gasteiger partial charge is 0.276 e. The van der Waals surface area contributed by atoms with Crippen LogP contribution in [-0.2, 0) is 11.3 Å². The van der Waals surface area contributed by atoms with Crippen molar-refractivity contribution in [3.8, 4) is 0 Å². The number of nitrogens with zero attached hydrogens (tertiary/aromatic N) is 2. The molecule has 0 unspecified atom stereocenters. The van der Waals surface area contributed by atoms with Crippen molar-refractivity contribution < 1.29 is 9.59 Å². The second-order valence-corrected chi connectivity index (χ2v) is 5.86. The fourth-order valence-corrected chi connectivity index (χ4v) is 2.37. The highest BCUT2D eigenvalue weighted by molar-refractivity contribution is 6.03. The molecule has 136 valence electrons. The average molecular weight is 361 g/mol. The second-order valence-electron chi connectivity index (χ2n) is 5.86. The first-order valence-corrected chi connectivity index (χ1v) is 8.41. The lowest BCUT2D eigenvalue weighted by atomic mass is 10.2. The van der Waals surface area contributed by atoms with Crippen LogP contribution >= 0.6 is 0 Å². The lowest BCUT2D eigenvalue weighted by molar-refractivity contribution is -0.114. The summed E-state index contributed by atoms with van der Waals surface area (Å²) in [5.74, 6) is 0.0856. The van der Waals surface area contributed by atoms with E-state index in [9.17, 15) is 9.59 Å². The van der Waals surface area contributed by atoms with Gasteiger partial charge in [0, 0.05) is 24.8 Å². The molecule has 0 aliphatic rings. The summed E-state index contributed by atoms with van der Waals surface area (Å²) in [6, 6.07) is 20.1. The van der Waals surface area contributed by atoms with Crippen LogP contribution in [0.3, 0.4) is 0 Å². The van der Waals surface area contributed by atoms with Gasteiger partial charge in [0.05, 0.1) is 0 Å². The summed E-state index contributed by atoms with van der Waals surface area (Å²) in [5.41, 5.74) is 2.60. The van der Waals surface area contributed by atoms with Gasteiger partial charge in [0.15, 0.2) is 5.69 Å². The normalized spacial score (nSPS) is 10.1. The Labute approximate surface area is 156 Å². The average Bonchev–Trinajstić information content (AvgIpc) is 2.69. The number of rotatable bonds is 6. The van der Waals surface area contributed by atoms with Gasteiger partial charge in [0.1, 0.15) is 5.82 Å². The van der Waals surface area contributed by atoms with Crippen molar-refractivity contribution >= 4 is 29.0 Å². The predicted molar refractivity (Wildman–Crippen MR) is 104 cm³/mol. The number of nitrogens with one attached hydrogen (secondary N) is 3. The van der Waals surface area contributed by atoms with Gasteiger partial charge < -0.3 is 16.0 Å². The first-order valence-electron chi connectivity index (χ1n) is 8.41. The molecule has 0 fully saturated rings. The Balaban J connectivity index is 1.56. The van der Waals surface area contributed by atoms with Crippen molar-refractivity contribution in [2.24, 2.45) is 0 Å². The molecule has 2 aromatic carbocycles. The molecule has 7 nitrogen and oxygen atoms in total. The molecule has 7 heteroatoms. The van der Waals surface area contributed by atoms with Crippen molar-refractivity contribution in [3.63, 3.8) is 0 Å². The third-order valence-corrected chi connectivity index (χ3v) is 3.68. The molecule has 0 spiro atoms. The van der Waals surface area contributed by atoms with Crippen molar-refractivity contribution in [1.82, 2.24) is 10.2 Å². The largest absolute Gasteiger partial charge is 0.365 e. The Hall–Kier alpha value is -3.74. The number of anilines is 3. The maximum atomic E-state index is 12.3. The van der Waals surface area contributed by atoms with E-state index in [4.69, 9.17) is 0 Å². The van der Waals surface area contributed by atoms with E-state index in [1.54, 1.807) is 36.4 Å². The minimum absolute atomic E-state index is 0.150. The molecule has 1 heterocycles. The monoisotopic (exact) mass is 361 g/mol. The highest BCUT2D eigenvalue weighted by atomic mass is 16.2. The Kier molecular flexibility index (Phi) is 5.73. The standard InChI is InChI=1S/C20H19N5O2/c1-14(26)22-16-7-9-17(10-8-16)23-20(27)18-11-12-19(25-24-18)21-13-15-5-3-2-4-6-15/h2-12H,13H2,1H3,(H,21,25)(H,22,26)(H,23,27). The third kappa shape index (κ3) is 5.37. The zero-order valence-electron chi connectivity index (χ0n) is 14.8. The van der Waals surface area contributed by atoms with E-state index in [-0.39, 0.29) is 17.5 Å². The Morgan fingerprint density at radius 2 is 1.48 bits per heavy atom. The van der Waals surface area contributed by atoms with Crippen LogP contribution in [0.15, 0.2) is 66.7 Å². The first kappa shape index (κ1) is 18.1. The topological polar surface area (TPSA) is 96.0 Å². The van der Waals surface area contributed by atoms with Crippen molar-refractivity contribution in [2.75, 3.05) is 16.0 Å². The van der Waals surface area contributed by atoms with Gasteiger partial charge in [-0.15, -0.1) is 10.2 Å². The first-order chi connectivity index (χ1) is 13.1. The molecule has 3 aromatic rings. The quantitative estimate of drug-likeness (QED) is 0.626. The maximum absolute atomic E-state index is 12.3. The fraction of sp³-hybridized carbons (Fsp3) is 0.100. The number of hydrogen-bond donors (Lipinski definition) is 3. The van der Waals surface area contributed by atoms with E-state index in [2.05, 4.69) is 26.1 Å². The summed E-state index contributed by atoms with van der Waals surface area (Å²) in [6.07, 6.45) is 0. The summed E-state index contributed by atoms with van der Waals surface area (Å²) < 4.78 is 0. The van der Waals surface area contributed by atoms with Gasteiger partial charge in [-0.1, -0.05) is 30.3 Å². The molecule has 0 bridgehead atoms. The highest BCUT2D eigenvalue weighted by Crippen LogP contribution is 2.14. The molecular weight excluding hydrogens is 342 g/mol. The van der Waals surface area contributed by atoms with E-state index in [1.165, 1.54) is 6.92 Å². The molecule has 1 aromatic heterocycles. The number of aromatic nitrogens is 2. The van der Waals surface area contributed by atoms with Crippen LogP contribution in [0.2, 0.25) is 0 Å². The molecule has 0 radical (unpaired) electrons. The van der Waals surface area contributed by atoms with Crippen LogP contribution in [0, 0.1) is 0 Å². The van der Waals surface area contributed by atoms with Gasteiger partial charge >= 0.3 is 0 Å². The number of carbonyl (C=O) groups excluding carboxylic acids is 2. The van der Waals surface area contributed by atoms with Crippen LogP contribution in [0.25, 0.3) is 0 Å². The van der Waals surface area contributed by atoms with Crippen LogP contribution in [-0.4, -0.2) is 22.0 Å². The molecular formula is C20H19N5O2. The number of amides is 2. The Morgan fingerprint density at radius 3 is 2.07 bits per heavy atom. The van der Waals surface area contributed by atoms with Crippen LogP contribution in [0.4, 0.5) is 17.2 Å². The van der Waals surface area contributed by atoms with Gasteiger partial charge in [0.2, 0.25) is 5.91 Å². The summed E-state index contributed by atoms with van der Waals surface area (Å²) in [4.78, 5) is 23.3. The predicted octanol–water partition coefficient (Wildman–Crippen LogP) is 3.30. The molecule has 3 rings (SSSR count). The van der Waals surface area contributed by atoms with E-state index >= 15 is 0 Å². The van der Waals surface area contributed by atoms with Crippen LogP contribution in [0.1, 0.15) is 23.0 Å². The zero-order valence-corrected chi connectivity index (χ0v) is 14.8. The number of benzene rings is 2. The lowest BCUT2D eigenvalue weighted by Gasteiger charge is -2.07. The fourth-order valence-electron chi connectivity index (χ4n) is 2.37. The maximum Gasteiger partial charge on any atom is 0.276 e. The Morgan fingerprint density at radius 1 is 0.815 bits per heavy atom. The SMILES string of the molecule is CC(=O)Nc1ccc(NC(=O)c2ccc(NCc3ccccc3)nn2)cc1. The van der Waals surface area contributed by atoms with Gasteiger partial charge in [-0.3, -0.25) is 9.59 Å². The van der Waals surface area contributed by atoms with Crippen LogP contribution in [0.5, 0.6) is 0 Å². The summed E-state index contributed by atoms with van der Waals surface area (Å²) >= 11 is 0. The van der Waals surface area contributed by atoms with Crippen molar-refractivity contribution in [2.45, 2.75) is 13.5 Å². The number of carbonyl (C=O) groups is 2. The minimum Gasteiger partial charge on any atom is -0.365 e.